The van der Waals surface area contributed by atoms with Gasteiger partial charge in [0.05, 0.1) is 5.69 Å². The summed E-state index contributed by atoms with van der Waals surface area (Å²) in [5, 5.41) is -0.124. The Hall–Kier alpha value is -3.27. The Kier molecular flexibility index (Phi) is 6.60. The summed E-state index contributed by atoms with van der Waals surface area (Å²) in [5.41, 5.74) is 0.807. The Bertz CT molecular complexity index is 1200. The number of ether oxygens (including phenoxy) is 2. The van der Waals surface area contributed by atoms with Gasteiger partial charge >= 0.3 is 11.9 Å². The summed E-state index contributed by atoms with van der Waals surface area (Å²) < 4.78 is 36.1. The Morgan fingerprint density at radius 2 is 1.52 bits per heavy atom. The van der Waals surface area contributed by atoms with Gasteiger partial charge in [0.1, 0.15) is 5.03 Å². The van der Waals surface area contributed by atoms with E-state index in [2.05, 4.69) is 0 Å². The van der Waals surface area contributed by atoms with Crippen molar-refractivity contribution in [3.05, 3.63) is 53.2 Å². The second-order valence-electron chi connectivity index (χ2n) is 8.25. The van der Waals surface area contributed by atoms with E-state index in [1.54, 1.807) is 19.1 Å². The van der Waals surface area contributed by atoms with E-state index in [1.807, 2.05) is 0 Å². The molecule has 0 N–H and O–H groups in total. The highest BCUT2D eigenvalue weighted by Gasteiger charge is 2.43. The van der Waals surface area contributed by atoms with Crippen LogP contribution in [0.25, 0.3) is 0 Å². The molecule has 0 saturated carbocycles. The van der Waals surface area contributed by atoms with Crippen LogP contribution in [0.4, 0.5) is 0 Å². The van der Waals surface area contributed by atoms with Gasteiger partial charge in [-0.3, -0.25) is 19.2 Å². The van der Waals surface area contributed by atoms with E-state index < -0.39 is 39.3 Å². The number of rotatable bonds is 8. The minimum Gasteiger partial charge on any atom is -0.422 e. The van der Waals surface area contributed by atoms with Crippen LogP contribution in [0.5, 0.6) is 0 Å². The molecule has 0 unspecified atom stereocenters. The SMILES string of the molecule is CCC(=O)c1ccc(C(=O)c2ccc(S(C)(=O)=O)n2CCC2C(=O)OC(C)(C)OC2=O)cc1. The molecule has 0 radical (unpaired) electrons. The van der Waals surface area contributed by atoms with Crippen LogP contribution in [0.2, 0.25) is 0 Å². The molecule has 9 nitrogen and oxygen atoms in total. The number of aromatic nitrogens is 1. The first-order chi connectivity index (χ1) is 15.3. The smallest absolute Gasteiger partial charge is 0.323 e. The normalized spacial score (nSPS) is 16.2. The molecule has 0 bridgehead atoms. The molecule has 3 rings (SSSR count). The molecule has 0 amide bonds. The first-order valence-corrected chi connectivity index (χ1v) is 12.3. The molecule has 2 aromatic rings. The van der Waals surface area contributed by atoms with Gasteiger partial charge in [-0.15, -0.1) is 0 Å². The first-order valence-electron chi connectivity index (χ1n) is 10.4. The van der Waals surface area contributed by atoms with Crippen molar-refractivity contribution in [1.29, 1.82) is 0 Å². The molecule has 176 valence electrons. The minimum absolute atomic E-state index is 0.0637. The first kappa shape index (κ1) is 24.4. The fourth-order valence-corrected chi connectivity index (χ4v) is 4.50. The lowest BCUT2D eigenvalue weighted by molar-refractivity contribution is -0.240. The van der Waals surface area contributed by atoms with Crippen molar-refractivity contribution < 1.29 is 37.1 Å². The highest BCUT2D eigenvalue weighted by molar-refractivity contribution is 7.90. The summed E-state index contributed by atoms with van der Waals surface area (Å²) in [6.45, 7) is 4.49. The number of nitrogens with zero attached hydrogens (tertiary/aromatic N) is 1. The number of esters is 2. The van der Waals surface area contributed by atoms with E-state index in [0.717, 1.165) is 6.26 Å². The quantitative estimate of drug-likeness (QED) is 0.324. The second kappa shape index (κ2) is 8.93. The molecule has 10 heteroatoms. The molecule has 2 heterocycles. The zero-order valence-corrected chi connectivity index (χ0v) is 19.6. The number of hydrogen-bond acceptors (Lipinski definition) is 8. The van der Waals surface area contributed by atoms with Crippen molar-refractivity contribution in [1.82, 2.24) is 4.57 Å². The second-order valence-corrected chi connectivity index (χ2v) is 10.2. The maximum Gasteiger partial charge on any atom is 0.323 e. The third-order valence-electron chi connectivity index (χ3n) is 5.25. The Morgan fingerprint density at radius 1 is 0.970 bits per heavy atom. The Morgan fingerprint density at radius 3 is 2.03 bits per heavy atom. The maximum atomic E-state index is 13.1. The summed E-state index contributed by atoms with van der Waals surface area (Å²) in [6, 6.07) is 8.77. The number of cyclic esters (lactones) is 2. The number of hydrogen-bond donors (Lipinski definition) is 0. The topological polar surface area (TPSA) is 126 Å². The van der Waals surface area contributed by atoms with Crippen molar-refractivity contribution in [3.8, 4) is 0 Å². The molecule has 0 aliphatic carbocycles. The van der Waals surface area contributed by atoms with Gasteiger partial charge < -0.3 is 14.0 Å². The molecular formula is C23H25NO8S. The number of ketones is 2. The average Bonchev–Trinajstić information content (AvgIpc) is 3.15. The van der Waals surface area contributed by atoms with Crippen LogP contribution in [0.15, 0.2) is 41.4 Å². The standard InChI is InChI=1S/C23H25NO8S/c1-5-18(25)14-6-8-15(9-7-14)20(26)17-10-11-19(33(4,29)30)24(17)13-12-16-21(27)31-23(2,3)32-22(16)28/h6-11,16H,5,12-13H2,1-4H3. The minimum atomic E-state index is -3.71. The lowest BCUT2D eigenvalue weighted by atomic mass is 10.0. The van der Waals surface area contributed by atoms with E-state index >= 15 is 0 Å². The van der Waals surface area contributed by atoms with E-state index in [1.165, 1.54) is 42.7 Å². The highest BCUT2D eigenvalue weighted by atomic mass is 32.2. The largest absolute Gasteiger partial charge is 0.422 e. The van der Waals surface area contributed by atoms with Crippen LogP contribution < -0.4 is 0 Å². The highest BCUT2D eigenvalue weighted by Crippen LogP contribution is 2.27. The van der Waals surface area contributed by atoms with Crippen molar-refractivity contribution in [2.75, 3.05) is 6.26 Å². The third-order valence-corrected chi connectivity index (χ3v) is 6.36. The molecule has 1 aromatic heterocycles. The number of carbonyl (C=O) groups is 4. The predicted molar refractivity (Wildman–Crippen MR) is 116 cm³/mol. The van der Waals surface area contributed by atoms with Crippen LogP contribution in [0, 0.1) is 5.92 Å². The summed E-state index contributed by atoms with van der Waals surface area (Å²) in [7, 11) is -3.71. The van der Waals surface area contributed by atoms with Crippen molar-refractivity contribution >= 4 is 33.3 Å². The van der Waals surface area contributed by atoms with Gasteiger partial charge in [-0.25, -0.2) is 8.42 Å². The van der Waals surface area contributed by atoms with Crippen LogP contribution in [0.1, 0.15) is 60.0 Å². The van der Waals surface area contributed by atoms with Crippen LogP contribution in [-0.2, 0) is 35.4 Å². The molecule has 1 aliphatic rings. The number of Topliss-reactive ketones (excluding diaryl/α,β-unsaturated/α-hetero) is 1. The molecule has 1 aromatic carbocycles. The molecule has 0 spiro atoms. The summed E-state index contributed by atoms with van der Waals surface area (Å²) in [6.07, 6.45) is 1.22. The fraction of sp³-hybridized carbons (Fsp3) is 0.391. The molecular weight excluding hydrogens is 450 g/mol. The average molecular weight is 476 g/mol. The third kappa shape index (κ3) is 5.22. The molecule has 1 fully saturated rings. The van der Waals surface area contributed by atoms with E-state index in [4.69, 9.17) is 9.47 Å². The lowest BCUT2D eigenvalue weighted by Gasteiger charge is -2.33. The zero-order chi connectivity index (χ0) is 24.6. The van der Waals surface area contributed by atoms with E-state index in [-0.39, 0.29) is 35.0 Å². The van der Waals surface area contributed by atoms with E-state index in [0.29, 0.717) is 12.0 Å². The van der Waals surface area contributed by atoms with Crippen LogP contribution in [0.3, 0.4) is 0 Å². The van der Waals surface area contributed by atoms with Gasteiger partial charge in [-0.1, -0.05) is 31.2 Å². The molecule has 1 aliphatic heterocycles. The van der Waals surface area contributed by atoms with Crippen LogP contribution >= 0.6 is 0 Å². The number of carbonyl (C=O) groups excluding carboxylic acids is 4. The monoisotopic (exact) mass is 475 g/mol. The Balaban J connectivity index is 1.91. The number of sulfone groups is 1. The fourth-order valence-electron chi connectivity index (χ4n) is 3.60. The van der Waals surface area contributed by atoms with Gasteiger partial charge in [-0.05, 0) is 18.6 Å². The molecule has 1 saturated heterocycles. The van der Waals surface area contributed by atoms with Crippen molar-refractivity contribution in [3.63, 3.8) is 0 Å². The summed E-state index contributed by atoms with van der Waals surface area (Å²) in [4.78, 5) is 49.5. The summed E-state index contributed by atoms with van der Waals surface area (Å²) >= 11 is 0. The van der Waals surface area contributed by atoms with Gasteiger partial charge in [0, 0.05) is 44.2 Å². The maximum absolute atomic E-state index is 13.1. The van der Waals surface area contributed by atoms with Crippen molar-refractivity contribution in [2.24, 2.45) is 5.92 Å². The molecule has 33 heavy (non-hydrogen) atoms. The van der Waals surface area contributed by atoms with E-state index in [9.17, 15) is 27.6 Å². The van der Waals surface area contributed by atoms with Crippen molar-refractivity contribution in [2.45, 2.75) is 51.0 Å². The Labute approximate surface area is 191 Å². The zero-order valence-electron chi connectivity index (χ0n) is 18.8. The molecule has 0 atom stereocenters. The lowest BCUT2D eigenvalue weighted by Crippen LogP contribution is -2.46. The van der Waals surface area contributed by atoms with Gasteiger partial charge in [0.2, 0.25) is 5.78 Å². The van der Waals surface area contributed by atoms with Gasteiger partial charge in [0.15, 0.2) is 21.5 Å². The van der Waals surface area contributed by atoms with Gasteiger partial charge in [0.25, 0.3) is 5.79 Å². The number of benzene rings is 1. The summed E-state index contributed by atoms with van der Waals surface area (Å²) in [5.74, 6) is -4.68. The predicted octanol–water partition coefficient (Wildman–Crippen LogP) is 2.56. The van der Waals surface area contributed by atoms with Gasteiger partial charge in [-0.2, -0.15) is 0 Å². The van der Waals surface area contributed by atoms with Crippen LogP contribution in [-0.4, -0.2) is 48.5 Å².